The largest absolute Gasteiger partial charge is 0.342 e. The number of rotatable bonds is 2. The van der Waals surface area contributed by atoms with Gasteiger partial charge in [-0.3, -0.25) is 4.79 Å². The van der Waals surface area contributed by atoms with Crippen molar-refractivity contribution in [3.05, 3.63) is 0 Å². The van der Waals surface area contributed by atoms with Crippen LogP contribution in [-0.4, -0.2) is 29.2 Å². The lowest BCUT2D eigenvalue weighted by Crippen LogP contribution is -2.42. The van der Waals surface area contributed by atoms with Crippen molar-refractivity contribution < 1.29 is 4.79 Å². The Bertz CT molecular complexity index is 185. The maximum absolute atomic E-state index is 11.3. The Morgan fingerprint density at radius 3 is 2.38 bits per heavy atom. The molecule has 1 rings (SSSR count). The fourth-order valence-corrected chi connectivity index (χ4v) is 2.09. The molecule has 1 aliphatic heterocycles. The second-order valence-corrected chi connectivity index (χ2v) is 4.74. The lowest BCUT2D eigenvalue weighted by Gasteiger charge is -2.38. The second-order valence-electron chi connectivity index (χ2n) is 4.18. The van der Waals surface area contributed by atoms with E-state index in [0.717, 1.165) is 25.9 Å². The van der Waals surface area contributed by atoms with Crippen molar-refractivity contribution >= 4 is 21.8 Å². The fourth-order valence-electron chi connectivity index (χ4n) is 1.73. The molecule has 0 radical (unpaired) electrons. The minimum absolute atomic E-state index is 0.234. The highest BCUT2D eigenvalue weighted by atomic mass is 79.9. The molecule has 0 saturated carbocycles. The molecular formula is C10H18BrNO. The Balaban J connectivity index is 2.43. The predicted octanol–water partition coefficient (Wildman–Crippen LogP) is 2.42. The molecule has 1 heterocycles. The van der Waals surface area contributed by atoms with Crippen molar-refractivity contribution in [2.45, 2.75) is 33.1 Å². The SMILES string of the molecule is CCC1(C)CCN(C(=O)CBr)CC1. The number of amides is 1. The Morgan fingerprint density at radius 2 is 2.00 bits per heavy atom. The van der Waals surface area contributed by atoms with E-state index in [1.165, 1.54) is 6.42 Å². The van der Waals surface area contributed by atoms with E-state index in [1.807, 2.05) is 4.90 Å². The number of carbonyl (C=O) groups is 1. The van der Waals surface area contributed by atoms with Crippen LogP contribution in [0.2, 0.25) is 0 Å². The molecule has 1 saturated heterocycles. The van der Waals surface area contributed by atoms with Crippen molar-refractivity contribution in [1.82, 2.24) is 4.90 Å². The van der Waals surface area contributed by atoms with Crippen LogP contribution in [0, 0.1) is 5.41 Å². The third-order valence-corrected chi connectivity index (χ3v) is 3.77. The summed E-state index contributed by atoms with van der Waals surface area (Å²) >= 11 is 3.20. The molecule has 0 N–H and O–H groups in total. The quantitative estimate of drug-likeness (QED) is 0.687. The van der Waals surface area contributed by atoms with E-state index in [1.54, 1.807) is 0 Å². The van der Waals surface area contributed by atoms with Crippen molar-refractivity contribution in [2.75, 3.05) is 18.4 Å². The zero-order valence-electron chi connectivity index (χ0n) is 8.48. The maximum Gasteiger partial charge on any atom is 0.233 e. The van der Waals surface area contributed by atoms with Crippen molar-refractivity contribution in [3.63, 3.8) is 0 Å². The predicted molar refractivity (Wildman–Crippen MR) is 58.0 cm³/mol. The molecule has 1 aliphatic rings. The van der Waals surface area contributed by atoms with Gasteiger partial charge in [-0.2, -0.15) is 0 Å². The third-order valence-electron chi connectivity index (χ3n) is 3.29. The van der Waals surface area contributed by atoms with E-state index in [-0.39, 0.29) is 5.91 Å². The van der Waals surface area contributed by atoms with Crippen LogP contribution in [0.4, 0.5) is 0 Å². The molecule has 76 valence electrons. The van der Waals surface area contributed by atoms with Gasteiger partial charge in [0.25, 0.3) is 0 Å². The van der Waals surface area contributed by atoms with Gasteiger partial charge in [0.15, 0.2) is 0 Å². The summed E-state index contributed by atoms with van der Waals surface area (Å²) in [6.45, 7) is 6.44. The zero-order chi connectivity index (χ0) is 9.90. The van der Waals surface area contributed by atoms with Gasteiger partial charge in [-0.25, -0.2) is 0 Å². The summed E-state index contributed by atoms with van der Waals surface area (Å²) < 4.78 is 0. The van der Waals surface area contributed by atoms with Crippen molar-refractivity contribution in [3.8, 4) is 0 Å². The number of alkyl halides is 1. The number of carbonyl (C=O) groups excluding carboxylic acids is 1. The monoisotopic (exact) mass is 247 g/mol. The first-order valence-electron chi connectivity index (χ1n) is 4.95. The number of nitrogens with zero attached hydrogens (tertiary/aromatic N) is 1. The molecule has 0 spiro atoms. The van der Waals surface area contributed by atoms with Crippen LogP contribution in [0.3, 0.4) is 0 Å². The van der Waals surface area contributed by atoms with E-state index < -0.39 is 0 Å². The van der Waals surface area contributed by atoms with Crippen LogP contribution >= 0.6 is 15.9 Å². The summed E-state index contributed by atoms with van der Waals surface area (Å²) in [7, 11) is 0. The van der Waals surface area contributed by atoms with Gasteiger partial charge in [0.05, 0.1) is 5.33 Å². The van der Waals surface area contributed by atoms with E-state index in [0.29, 0.717) is 10.7 Å². The zero-order valence-corrected chi connectivity index (χ0v) is 10.1. The standard InChI is InChI=1S/C10H18BrNO/c1-3-10(2)4-6-12(7-5-10)9(13)8-11/h3-8H2,1-2H3. The molecule has 2 nitrogen and oxygen atoms in total. The molecule has 13 heavy (non-hydrogen) atoms. The molecule has 0 aromatic carbocycles. The summed E-state index contributed by atoms with van der Waals surface area (Å²) in [5.74, 6) is 0.234. The van der Waals surface area contributed by atoms with E-state index in [9.17, 15) is 4.79 Å². The van der Waals surface area contributed by atoms with Crippen LogP contribution in [-0.2, 0) is 4.79 Å². The molecule has 0 aromatic heterocycles. The minimum Gasteiger partial charge on any atom is -0.342 e. The molecule has 0 atom stereocenters. The Labute approximate surface area is 88.8 Å². The Hall–Kier alpha value is -0.0500. The van der Waals surface area contributed by atoms with Gasteiger partial charge >= 0.3 is 0 Å². The van der Waals surface area contributed by atoms with E-state index in [2.05, 4.69) is 29.8 Å². The van der Waals surface area contributed by atoms with Crippen LogP contribution in [0.5, 0.6) is 0 Å². The van der Waals surface area contributed by atoms with Crippen LogP contribution < -0.4 is 0 Å². The molecule has 0 aliphatic carbocycles. The van der Waals surface area contributed by atoms with Crippen LogP contribution in [0.25, 0.3) is 0 Å². The number of halogens is 1. The van der Waals surface area contributed by atoms with E-state index >= 15 is 0 Å². The number of likely N-dealkylation sites (tertiary alicyclic amines) is 1. The summed E-state index contributed by atoms with van der Waals surface area (Å²) in [4.78, 5) is 13.3. The molecule has 0 unspecified atom stereocenters. The number of piperidine rings is 1. The summed E-state index contributed by atoms with van der Waals surface area (Å²) in [6.07, 6.45) is 3.54. The smallest absolute Gasteiger partial charge is 0.233 e. The summed E-state index contributed by atoms with van der Waals surface area (Å²) in [6, 6.07) is 0. The lowest BCUT2D eigenvalue weighted by molar-refractivity contribution is -0.130. The second kappa shape index (κ2) is 4.45. The minimum atomic E-state index is 0.234. The maximum atomic E-state index is 11.3. The normalized spacial score (nSPS) is 21.6. The Morgan fingerprint density at radius 1 is 1.46 bits per heavy atom. The highest BCUT2D eigenvalue weighted by molar-refractivity contribution is 9.09. The topological polar surface area (TPSA) is 20.3 Å². The molecule has 1 fully saturated rings. The molecular weight excluding hydrogens is 230 g/mol. The van der Waals surface area contributed by atoms with Gasteiger partial charge in [0, 0.05) is 13.1 Å². The average Bonchev–Trinajstić information content (AvgIpc) is 2.18. The number of hydrogen-bond acceptors (Lipinski definition) is 1. The van der Waals surface area contributed by atoms with Crippen molar-refractivity contribution in [2.24, 2.45) is 5.41 Å². The van der Waals surface area contributed by atoms with Crippen molar-refractivity contribution in [1.29, 1.82) is 0 Å². The van der Waals surface area contributed by atoms with Gasteiger partial charge in [0.1, 0.15) is 0 Å². The first-order chi connectivity index (χ1) is 6.11. The van der Waals surface area contributed by atoms with Crippen LogP contribution in [0.15, 0.2) is 0 Å². The summed E-state index contributed by atoms with van der Waals surface area (Å²) in [5.41, 5.74) is 0.475. The van der Waals surface area contributed by atoms with Gasteiger partial charge in [-0.05, 0) is 18.3 Å². The summed E-state index contributed by atoms with van der Waals surface area (Å²) in [5, 5.41) is 0.468. The Kier molecular flexibility index (Phi) is 3.77. The first kappa shape index (κ1) is 11.0. The van der Waals surface area contributed by atoms with Crippen LogP contribution in [0.1, 0.15) is 33.1 Å². The first-order valence-corrected chi connectivity index (χ1v) is 6.07. The molecule has 0 aromatic rings. The molecule has 0 bridgehead atoms. The third kappa shape index (κ3) is 2.70. The molecule has 3 heteroatoms. The fraction of sp³-hybridized carbons (Fsp3) is 0.900. The van der Waals surface area contributed by atoms with E-state index in [4.69, 9.17) is 0 Å². The highest BCUT2D eigenvalue weighted by Gasteiger charge is 2.29. The molecule has 1 amide bonds. The van der Waals surface area contributed by atoms with Gasteiger partial charge in [0.2, 0.25) is 5.91 Å². The van der Waals surface area contributed by atoms with Gasteiger partial charge < -0.3 is 4.90 Å². The average molecular weight is 248 g/mol. The number of hydrogen-bond donors (Lipinski definition) is 0. The van der Waals surface area contributed by atoms with Gasteiger partial charge in [-0.15, -0.1) is 0 Å². The highest BCUT2D eigenvalue weighted by Crippen LogP contribution is 2.33. The van der Waals surface area contributed by atoms with Gasteiger partial charge in [-0.1, -0.05) is 36.2 Å². The lowest BCUT2D eigenvalue weighted by atomic mass is 9.78.